The van der Waals surface area contributed by atoms with Gasteiger partial charge in [-0.2, -0.15) is 21.0 Å². The van der Waals surface area contributed by atoms with E-state index in [-0.39, 0.29) is 32.0 Å². The second kappa shape index (κ2) is 6.31. The highest BCUT2D eigenvalue weighted by molar-refractivity contribution is 7.86. The lowest BCUT2D eigenvalue weighted by Crippen LogP contribution is -2.22. The summed E-state index contributed by atoms with van der Waals surface area (Å²) in [6.07, 6.45) is -1.34. The molecular weight excluding hydrogens is 340 g/mol. The van der Waals surface area contributed by atoms with Crippen LogP contribution in [0.3, 0.4) is 0 Å². The smallest absolute Gasteiger partial charge is 0.266 e. The van der Waals surface area contributed by atoms with Gasteiger partial charge in [-0.15, -0.1) is 0 Å². The van der Waals surface area contributed by atoms with Crippen LogP contribution in [0.1, 0.15) is 6.42 Å². The molecule has 3 atom stereocenters. The van der Waals surface area contributed by atoms with Crippen molar-refractivity contribution in [2.45, 2.75) is 18.6 Å². The van der Waals surface area contributed by atoms with E-state index in [1.165, 1.54) is 0 Å². The van der Waals surface area contributed by atoms with Crippen LogP contribution in [0.5, 0.6) is 0 Å². The van der Waals surface area contributed by atoms with Crippen LogP contribution < -0.4 is 0 Å². The van der Waals surface area contributed by atoms with Gasteiger partial charge < -0.3 is 0 Å². The zero-order valence-electron chi connectivity index (χ0n) is 10.00. The average Bonchev–Trinajstić information content (AvgIpc) is 2.86. The van der Waals surface area contributed by atoms with Crippen molar-refractivity contribution < 1.29 is 42.0 Å². The van der Waals surface area contributed by atoms with Gasteiger partial charge in [-0.1, -0.05) is 0 Å². The van der Waals surface area contributed by atoms with Gasteiger partial charge in [0, 0.05) is 0 Å². The molecule has 0 spiro atoms. The van der Waals surface area contributed by atoms with E-state index in [4.69, 9.17) is 8.37 Å². The van der Waals surface area contributed by atoms with E-state index >= 15 is 0 Å². The molecule has 0 radical (unpaired) electrons. The van der Waals surface area contributed by atoms with Gasteiger partial charge >= 0.3 is 21.8 Å². The van der Waals surface area contributed by atoms with E-state index in [0.29, 0.717) is 0 Å². The highest BCUT2D eigenvalue weighted by Gasteiger charge is 2.32. The number of hydrogen-bond acceptors (Lipinski definition) is 10. The maximum Gasteiger partial charge on any atom is 0.400 e. The summed E-state index contributed by atoms with van der Waals surface area (Å²) >= 11 is -2.17. The Morgan fingerprint density at radius 2 is 1.70 bits per heavy atom. The summed E-state index contributed by atoms with van der Waals surface area (Å²) in [5.74, 6) is -0.111. The molecule has 2 fully saturated rings. The first-order chi connectivity index (χ1) is 9.26. The van der Waals surface area contributed by atoms with Crippen molar-refractivity contribution in [1.82, 2.24) is 0 Å². The first-order valence-corrected chi connectivity index (χ1v) is 9.34. The van der Waals surface area contributed by atoms with Crippen molar-refractivity contribution in [3.63, 3.8) is 0 Å². The summed E-state index contributed by atoms with van der Waals surface area (Å²) in [7, 11) is -7.49. The first kappa shape index (κ1) is 16.2. The van der Waals surface area contributed by atoms with Gasteiger partial charge in [-0.3, -0.25) is 12.5 Å². The maximum atomic E-state index is 11.3. The quantitative estimate of drug-likeness (QED) is 0.514. The van der Waals surface area contributed by atoms with E-state index < -0.39 is 44.1 Å². The van der Waals surface area contributed by atoms with Crippen molar-refractivity contribution in [3.8, 4) is 0 Å². The molecule has 0 bridgehead atoms. The Balaban J connectivity index is 1.64. The Morgan fingerprint density at radius 1 is 1.05 bits per heavy atom. The Hall–Kier alpha value is -0.150. The zero-order valence-corrected chi connectivity index (χ0v) is 12.4. The summed E-state index contributed by atoms with van der Waals surface area (Å²) in [4.78, 5) is 0. The minimum atomic E-state index is -3.99. The first-order valence-electron chi connectivity index (χ1n) is 5.43. The van der Waals surface area contributed by atoms with E-state index in [1.807, 2.05) is 0 Å². The van der Waals surface area contributed by atoms with Gasteiger partial charge in [-0.25, -0.2) is 8.37 Å². The normalized spacial score (nSPS) is 33.2. The molecule has 118 valence electrons. The van der Waals surface area contributed by atoms with Gasteiger partial charge in [0.2, 0.25) is 0 Å². The van der Waals surface area contributed by atoms with Crippen LogP contribution in [-0.4, -0.2) is 58.8 Å². The average molecular weight is 352 g/mol. The molecular formula is C7H12O10S3. The lowest BCUT2D eigenvalue weighted by atomic mass is 10.3. The van der Waals surface area contributed by atoms with Crippen molar-refractivity contribution in [2.24, 2.45) is 0 Å². The van der Waals surface area contributed by atoms with Crippen LogP contribution in [-0.2, 0) is 52.8 Å². The Morgan fingerprint density at radius 3 is 2.20 bits per heavy atom. The van der Waals surface area contributed by atoms with Gasteiger partial charge in [0.05, 0.1) is 25.6 Å². The van der Waals surface area contributed by atoms with E-state index in [2.05, 4.69) is 12.5 Å². The van der Waals surface area contributed by atoms with Crippen LogP contribution >= 0.6 is 0 Å². The molecule has 0 aromatic heterocycles. The molecule has 2 aliphatic heterocycles. The predicted molar refractivity (Wildman–Crippen MR) is 63.1 cm³/mol. The highest BCUT2D eigenvalue weighted by atomic mass is 32.3. The maximum absolute atomic E-state index is 11.3. The van der Waals surface area contributed by atoms with Crippen LogP contribution in [0, 0.1) is 0 Å². The second-order valence-electron chi connectivity index (χ2n) is 3.95. The number of rotatable bonds is 6. The van der Waals surface area contributed by atoms with Crippen LogP contribution in [0.25, 0.3) is 0 Å². The third-order valence-corrected chi connectivity index (χ3v) is 5.22. The summed E-state index contributed by atoms with van der Waals surface area (Å²) in [5.41, 5.74) is 0. The molecule has 10 nitrogen and oxygen atoms in total. The molecule has 13 heteroatoms. The lowest BCUT2D eigenvalue weighted by Gasteiger charge is -2.09. The minimum absolute atomic E-state index is 0.111. The summed E-state index contributed by atoms with van der Waals surface area (Å²) < 4.78 is 77.6. The molecule has 3 unspecified atom stereocenters. The van der Waals surface area contributed by atoms with E-state index in [1.54, 1.807) is 0 Å². The summed E-state index contributed by atoms with van der Waals surface area (Å²) in [6.45, 7) is -0.759. The third kappa shape index (κ3) is 5.00. The van der Waals surface area contributed by atoms with E-state index in [0.717, 1.165) is 0 Å². The second-order valence-corrected chi connectivity index (χ2v) is 7.79. The monoisotopic (exact) mass is 352 g/mol. The fourth-order valence-corrected chi connectivity index (χ4v) is 4.07. The Bertz CT molecular complexity index is 516. The van der Waals surface area contributed by atoms with Gasteiger partial charge in [0.15, 0.2) is 0 Å². The van der Waals surface area contributed by atoms with Crippen molar-refractivity contribution in [3.05, 3.63) is 0 Å². The molecule has 0 aromatic carbocycles. The molecule has 2 saturated heterocycles. The Labute approximate surface area is 118 Å². The molecule has 0 N–H and O–H groups in total. The van der Waals surface area contributed by atoms with Crippen molar-refractivity contribution >= 4 is 31.9 Å². The van der Waals surface area contributed by atoms with Crippen LogP contribution in [0.2, 0.25) is 0 Å². The minimum Gasteiger partial charge on any atom is -0.266 e. The molecule has 2 aliphatic rings. The largest absolute Gasteiger partial charge is 0.400 e. The highest BCUT2D eigenvalue weighted by Crippen LogP contribution is 2.17. The molecule has 2 heterocycles. The topological polar surface area (TPSA) is 132 Å². The van der Waals surface area contributed by atoms with Gasteiger partial charge in [0.1, 0.15) is 12.2 Å². The third-order valence-electron chi connectivity index (χ3n) is 2.33. The lowest BCUT2D eigenvalue weighted by molar-refractivity contribution is 0.121. The van der Waals surface area contributed by atoms with Crippen LogP contribution in [0.15, 0.2) is 0 Å². The molecule has 0 aliphatic carbocycles. The van der Waals surface area contributed by atoms with Gasteiger partial charge in [-0.05, 0) is 6.42 Å². The standard InChI is InChI=1S/C7H12O10S3/c8-18(13-3-6-1-2-19(9,10)16-6)14-4-7-5-15-20(11,12)17-7/h6-7H,1-5H2. The molecule has 0 amide bonds. The SMILES string of the molecule is O=S(OCC1CCS(=O)(=O)O1)OCC1COS(=O)(=O)O1. The fraction of sp³-hybridized carbons (Fsp3) is 1.00. The summed E-state index contributed by atoms with van der Waals surface area (Å²) in [6, 6.07) is 0. The van der Waals surface area contributed by atoms with E-state index in [9.17, 15) is 21.0 Å². The molecule has 2 rings (SSSR count). The van der Waals surface area contributed by atoms with Crippen molar-refractivity contribution in [1.29, 1.82) is 0 Å². The predicted octanol–water partition coefficient (Wildman–Crippen LogP) is -1.62. The summed E-state index contributed by atoms with van der Waals surface area (Å²) in [5, 5.41) is 0. The molecule has 0 aromatic rings. The fourth-order valence-electron chi connectivity index (χ4n) is 1.44. The molecule has 0 saturated carbocycles. The van der Waals surface area contributed by atoms with Crippen LogP contribution in [0.4, 0.5) is 0 Å². The Kier molecular flexibility index (Phi) is 5.12. The molecule has 20 heavy (non-hydrogen) atoms. The van der Waals surface area contributed by atoms with Crippen molar-refractivity contribution in [2.75, 3.05) is 25.6 Å². The zero-order chi connectivity index (χ0) is 14.8. The number of hydrogen-bond donors (Lipinski definition) is 0. The van der Waals surface area contributed by atoms with Gasteiger partial charge in [0.25, 0.3) is 10.1 Å².